The molecule has 0 amide bonds. The van der Waals surface area contributed by atoms with Crippen molar-refractivity contribution < 1.29 is 0 Å². The Bertz CT molecular complexity index is 117. The third-order valence-corrected chi connectivity index (χ3v) is 2.67. The van der Waals surface area contributed by atoms with Gasteiger partial charge in [-0.1, -0.05) is 6.42 Å². The number of hydrogen-bond acceptors (Lipinski definition) is 2. The lowest BCUT2D eigenvalue weighted by Crippen LogP contribution is -2.39. The van der Waals surface area contributed by atoms with Gasteiger partial charge in [0.15, 0.2) is 0 Å². The highest BCUT2D eigenvalue weighted by Crippen LogP contribution is 2.18. The zero-order chi connectivity index (χ0) is 7.52. The van der Waals surface area contributed by atoms with E-state index in [0.29, 0.717) is 0 Å². The Kier molecular flexibility index (Phi) is 2.44. The summed E-state index contributed by atoms with van der Waals surface area (Å²) in [5.41, 5.74) is 0. The molecule has 2 nitrogen and oxygen atoms in total. The van der Waals surface area contributed by atoms with Crippen LogP contribution in [-0.4, -0.2) is 25.2 Å². The van der Waals surface area contributed by atoms with Crippen LogP contribution in [0.3, 0.4) is 0 Å². The second kappa shape index (κ2) is 3.55. The third-order valence-electron chi connectivity index (χ3n) is 2.67. The van der Waals surface area contributed by atoms with Gasteiger partial charge < -0.3 is 10.6 Å². The Morgan fingerprint density at radius 2 is 1.36 bits per heavy atom. The van der Waals surface area contributed by atoms with E-state index in [1.54, 1.807) is 0 Å². The second-order valence-corrected chi connectivity index (χ2v) is 3.81. The van der Waals surface area contributed by atoms with E-state index in [2.05, 4.69) is 10.6 Å². The van der Waals surface area contributed by atoms with Crippen LogP contribution >= 0.6 is 0 Å². The van der Waals surface area contributed by atoms with Crippen molar-refractivity contribution in [3.63, 3.8) is 0 Å². The molecule has 0 unspecified atom stereocenters. The molecule has 0 aromatic heterocycles. The molecule has 0 aromatic carbocycles. The molecule has 2 heteroatoms. The zero-order valence-electron chi connectivity index (χ0n) is 7.10. The highest BCUT2D eigenvalue weighted by Gasteiger charge is 2.20. The fourth-order valence-electron chi connectivity index (χ4n) is 1.45. The fraction of sp³-hybridized carbons (Fsp3) is 1.00. The van der Waals surface area contributed by atoms with Crippen molar-refractivity contribution in [2.24, 2.45) is 0 Å². The third kappa shape index (κ3) is 2.46. The maximum absolute atomic E-state index is 3.54. The van der Waals surface area contributed by atoms with Crippen LogP contribution in [0.15, 0.2) is 0 Å². The molecule has 64 valence electrons. The molecule has 2 aliphatic carbocycles. The lowest BCUT2D eigenvalue weighted by molar-refractivity contribution is 0.339. The number of nitrogens with one attached hydrogen (secondary N) is 2. The maximum atomic E-state index is 3.54. The van der Waals surface area contributed by atoms with Gasteiger partial charge in [0, 0.05) is 25.2 Å². The summed E-state index contributed by atoms with van der Waals surface area (Å²) in [7, 11) is 0. The molecule has 0 saturated heterocycles. The molecule has 2 saturated carbocycles. The van der Waals surface area contributed by atoms with Gasteiger partial charge in [-0.15, -0.1) is 0 Å². The lowest BCUT2D eigenvalue weighted by atomic mass is 9.93. The first kappa shape index (κ1) is 7.56. The smallest absolute Gasteiger partial charge is 0.00794 e. The van der Waals surface area contributed by atoms with E-state index in [0.717, 1.165) is 12.1 Å². The van der Waals surface area contributed by atoms with E-state index in [-0.39, 0.29) is 0 Å². The minimum Gasteiger partial charge on any atom is -0.313 e. The highest BCUT2D eigenvalue weighted by molar-refractivity contribution is 4.82. The van der Waals surface area contributed by atoms with E-state index in [4.69, 9.17) is 0 Å². The largest absolute Gasteiger partial charge is 0.313 e. The van der Waals surface area contributed by atoms with Crippen LogP contribution in [0.2, 0.25) is 0 Å². The monoisotopic (exact) mass is 154 g/mol. The Labute approximate surface area is 68.7 Å². The molecular formula is C9H18N2. The zero-order valence-corrected chi connectivity index (χ0v) is 7.10. The van der Waals surface area contributed by atoms with Crippen molar-refractivity contribution in [1.29, 1.82) is 0 Å². The van der Waals surface area contributed by atoms with E-state index in [1.807, 2.05) is 0 Å². The van der Waals surface area contributed by atoms with E-state index in [1.165, 1.54) is 45.2 Å². The molecule has 0 radical (unpaired) electrons. The van der Waals surface area contributed by atoms with Crippen molar-refractivity contribution in [3.05, 3.63) is 0 Å². The molecule has 2 aliphatic rings. The van der Waals surface area contributed by atoms with Gasteiger partial charge in [-0.3, -0.25) is 0 Å². The molecule has 2 rings (SSSR count). The Morgan fingerprint density at radius 3 is 1.73 bits per heavy atom. The van der Waals surface area contributed by atoms with E-state index < -0.39 is 0 Å². The summed E-state index contributed by atoms with van der Waals surface area (Å²) in [6, 6.07) is 1.73. The molecule has 11 heavy (non-hydrogen) atoms. The molecule has 2 N–H and O–H groups in total. The van der Waals surface area contributed by atoms with Gasteiger partial charge in [0.05, 0.1) is 0 Å². The standard InChI is InChI=1S/C9H18N2/c1-2-8(3-1)10-6-7-11-9-4-5-9/h8-11H,1-7H2. The molecular weight excluding hydrogens is 136 g/mol. The number of hydrogen-bond donors (Lipinski definition) is 2. The summed E-state index contributed by atoms with van der Waals surface area (Å²) >= 11 is 0. The average molecular weight is 154 g/mol. The first-order valence-corrected chi connectivity index (χ1v) is 4.92. The van der Waals surface area contributed by atoms with E-state index in [9.17, 15) is 0 Å². The molecule has 0 spiro atoms. The molecule has 0 aliphatic heterocycles. The van der Waals surface area contributed by atoms with Gasteiger partial charge in [0.25, 0.3) is 0 Å². The SMILES string of the molecule is C1CC(NCCNC2CC2)C1. The topological polar surface area (TPSA) is 24.1 Å². The lowest BCUT2D eigenvalue weighted by Gasteiger charge is -2.26. The predicted octanol–water partition coefficient (Wildman–Crippen LogP) is 0.880. The minimum atomic E-state index is 0.857. The summed E-state index contributed by atoms with van der Waals surface area (Å²) in [5.74, 6) is 0. The van der Waals surface area contributed by atoms with Crippen LogP contribution in [-0.2, 0) is 0 Å². The number of rotatable bonds is 5. The van der Waals surface area contributed by atoms with Gasteiger partial charge >= 0.3 is 0 Å². The van der Waals surface area contributed by atoms with Crippen molar-refractivity contribution in [2.75, 3.05) is 13.1 Å². The Morgan fingerprint density at radius 1 is 0.818 bits per heavy atom. The van der Waals surface area contributed by atoms with Crippen LogP contribution in [0.4, 0.5) is 0 Å². The molecule has 0 atom stereocenters. The summed E-state index contributed by atoms with van der Waals surface area (Å²) in [5, 5.41) is 7.04. The van der Waals surface area contributed by atoms with Crippen molar-refractivity contribution in [2.45, 2.75) is 44.2 Å². The maximum Gasteiger partial charge on any atom is 0.00794 e. The van der Waals surface area contributed by atoms with Crippen LogP contribution in [0, 0.1) is 0 Å². The van der Waals surface area contributed by atoms with Gasteiger partial charge in [-0.2, -0.15) is 0 Å². The highest BCUT2D eigenvalue weighted by atomic mass is 15.0. The van der Waals surface area contributed by atoms with Gasteiger partial charge in [-0.05, 0) is 25.7 Å². The molecule has 0 bridgehead atoms. The Balaban J connectivity index is 1.40. The summed E-state index contributed by atoms with van der Waals surface area (Å²) in [6.45, 7) is 2.34. The van der Waals surface area contributed by atoms with Crippen LogP contribution in [0.1, 0.15) is 32.1 Å². The summed E-state index contributed by atoms with van der Waals surface area (Å²) in [6.07, 6.45) is 7.06. The van der Waals surface area contributed by atoms with Gasteiger partial charge in [0.1, 0.15) is 0 Å². The van der Waals surface area contributed by atoms with Crippen molar-refractivity contribution in [3.8, 4) is 0 Å². The quantitative estimate of drug-likeness (QED) is 0.574. The van der Waals surface area contributed by atoms with Crippen LogP contribution in [0.5, 0.6) is 0 Å². The van der Waals surface area contributed by atoms with Gasteiger partial charge in [-0.25, -0.2) is 0 Å². The first-order chi connectivity index (χ1) is 5.45. The Hall–Kier alpha value is -0.0800. The van der Waals surface area contributed by atoms with Crippen LogP contribution in [0.25, 0.3) is 0 Å². The average Bonchev–Trinajstić information content (AvgIpc) is 2.66. The second-order valence-electron chi connectivity index (χ2n) is 3.81. The summed E-state index contributed by atoms with van der Waals surface area (Å²) in [4.78, 5) is 0. The van der Waals surface area contributed by atoms with E-state index >= 15 is 0 Å². The minimum absolute atomic E-state index is 0.857. The predicted molar refractivity (Wildman–Crippen MR) is 46.7 cm³/mol. The molecule has 0 heterocycles. The fourth-order valence-corrected chi connectivity index (χ4v) is 1.45. The van der Waals surface area contributed by atoms with Crippen LogP contribution < -0.4 is 10.6 Å². The van der Waals surface area contributed by atoms with Gasteiger partial charge in [0.2, 0.25) is 0 Å². The van der Waals surface area contributed by atoms with Crippen molar-refractivity contribution >= 4 is 0 Å². The summed E-state index contributed by atoms with van der Waals surface area (Å²) < 4.78 is 0. The molecule has 0 aromatic rings. The normalized spacial score (nSPS) is 25.1. The first-order valence-electron chi connectivity index (χ1n) is 4.92. The van der Waals surface area contributed by atoms with Crippen molar-refractivity contribution in [1.82, 2.24) is 10.6 Å². The molecule has 2 fully saturated rings.